The highest BCUT2D eigenvalue weighted by atomic mass is 32.2. The van der Waals surface area contributed by atoms with E-state index in [9.17, 15) is 4.79 Å². The maximum Gasteiger partial charge on any atom is 0.233 e. The van der Waals surface area contributed by atoms with Crippen molar-refractivity contribution in [2.75, 3.05) is 18.8 Å². The lowest BCUT2D eigenvalue weighted by Crippen LogP contribution is -2.33. The van der Waals surface area contributed by atoms with Gasteiger partial charge >= 0.3 is 0 Å². The average Bonchev–Trinajstić information content (AvgIpc) is 2.78. The van der Waals surface area contributed by atoms with E-state index >= 15 is 0 Å². The minimum Gasteiger partial charge on any atom is -0.342 e. The number of H-pyrrole nitrogens is 1. The van der Waals surface area contributed by atoms with Crippen molar-refractivity contribution in [3.05, 3.63) is 6.33 Å². The SMILES string of the molecule is CCCN(CCC)C(=O)CSc1ncn[nH]1. The van der Waals surface area contributed by atoms with Crippen molar-refractivity contribution >= 4 is 17.7 Å². The molecule has 0 spiro atoms. The number of carbonyl (C=O) groups excluding carboxylic acids is 1. The summed E-state index contributed by atoms with van der Waals surface area (Å²) < 4.78 is 0. The number of hydrogen-bond donors (Lipinski definition) is 1. The lowest BCUT2D eigenvalue weighted by Gasteiger charge is -2.20. The molecule has 0 radical (unpaired) electrons. The number of aromatic nitrogens is 3. The third-order valence-corrected chi connectivity index (χ3v) is 2.93. The normalized spacial score (nSPS) is 10.4. The van der Waals surface area contributed by atoms with E-state index in [1.165, 1.54) is 18.1 Å². The summed E-state index contributed by atoms with van der Waals surface area (Å²) in [5, 5.41) is 7.16. The molecule has 0 aliphatic carbocycles. The van der Waals surface area contributed by atoms with Crippen molar-refractivity contribution in [3.63, 3.8) is 0 Å². The molecule has 1 rings (SSSR count). The molecule has 0 unspecified atom stereocenters. The Morgan fingerprint density at radius 1 is 1.44 bits per heavy atom. The molecule has 1 aromatic rings. The molecule has 1 heterocycles. The summed E-state index contributed by atoms with van der Waals surface area (Å²) in [6, 6.07) is 0. The Kier molecular flexibility index (Phi) is 5.92. The summed E-state index contributed by atoms with van der Waals surface area (Å²) in [5.74, 6) is 0.597. The molecule has 6 heteroatoms. The predicted octanol–water partition coefficient (Wildman–Crippen LogP) is 1.55. The molecule has 1 aromatic heterocycles. The molecule has 16 heavy (non-hydrogen) atoms. The van der Waals surface area contributed by atoms with Crippen LogP contribution in [0, 0.1) is 0 Å². The number of amides is 1. The zero-order valence-electron chi connectivity index (χ0n) is 9.77. The van der Waals surface area contributed by atoms with Crippen molar-refractivity contribution in [2.24, 2.45) is 0 Å². The van der Waals surface area contributed by atoms with E-state index < -0.39 is 0 Å². The largest absolute Gasteiger partial charge is 0.342 e. The van der Waals surface area contributed by atoms with Crippen LogP contribution >= 0.6 is 11.8 Å². The van der Waals surface area contributed by atoms with Crippen molar-refractivity contribution in [3.8, 4) is 0 Å². The fourth-order valence-electron chi connectivity index (χ4n) is 1.39. The van der Waals surface area contributed by atoms with Crippen LogP contribution in [0.2, 0.25) is 0 Å². The third-order valence-electron chi connectivity index (χ3n) is 2.07. The average molecular weight is 242 g/mol. The van der Waals surface area contributed by atoms with Crippen LogP contribution in [-0.4, -0.2) is 44.8 Å². The first-order valence-electron chi connectivity index (χ1n) is 5.53. The van der Waals surface area contributed by atoms with Gasteiger partial charge in [0.2, 0.25) is 5.91 Å². The maximum absolute atomic E-state index is 11.9. The van der Waals surface area contributed by atoms with Gasteiger partial charge in [-0.15, -0.1) is 0 Å². The minimum absolute atomic E-state index is 0.171. The number of nitrogens with one attached hydrogen (secondary N) is 1. The first-order valence-corrected chi connectivity index (χ1v) is 6.52. The molecule has 0 bridgehead atoms. The van der Waals surface area contributed by atoms with E-state index in [0.29, 0.717) is 10.9 Å². The molecule has 1 amide bonds. The zero-order valence-corrected chi connectivity index (χ0v) is 10.6. The van der Waals surface area contributed by atoms with Gasteiger partial charge in [-0.3, -0.25) is 9.89 Å². The maximum atomic E-state index is 11.9. The standard InChI is InChI=1S/C10H18N4OS/c1-3-5-14(6-4-2)9(15)7-16-10-11-8-12-13-10/h8H,3-7H2,1-2H3,(H,11,12,13). The first kappa shape index (κ1) is 13.0. The fourth-order valence-corrected chi connectivity index (χ4v) is 2.07. The summed E-state index contributed by atoms with van der Waals surface area (Å²) in [6.07, 6.45) is 3.44. The summed E-state index contributed by atoms with van der Waals surface area (Å²) in [7, 11) is 0. The van der Waals surface area contributed by atoms with Gasteiger partial charge in [0.05, 0.1) is 5.75 Å². The molecule has 0 saturated heterocycles. The molecule has 0 aliphatic rings. The molecule has 0 fully saturated rings. The Hall–Kier alpha value is -1.04. The molecule has 1 N–H and O–H groups in total. The predicted molar refractivity (Wildman–Crippen MR) is 64.3 cm³/mol. The molecule has 0 atom stereocenters. The highest BCUT2D eigenvalue weighted by Gasteiger charge is 2.12. The van der Waals surface area contributed by atoms with Crippen molar-refractivity contribution in [2.45, 2.75) is 31.8 Å². The van der Waals surface area contributed by atoms with E-state index in [1.54, 1.807) is 0 Å². The van der Waals surface area contributed by atoms with E-state index in [4.69, 9.17) is 0 Å². The second-order valence-electron chi connectivity index (χ2n) is 3.46. The number of nitrogens with zero attached hydrogens (tertiary/aromatic N) is 3. The van der Waals surface area contributed by atoms with Gasteiger partial charge in [0, 0.05) is 13.1 Å². The Morgan fingerprint density at radius 3 is 2.62 bits per heavy atom. The topological polar surface area (TPSA) is 61.9 Å². The molecule has 0 saturated carbocycles. The number of carbonyl (C=O) groups is 1. The Balaban J connectivity index is 2.36. The van der Waals surface area contributed by atoms with Gasteiger partial charge in [-0.05, 0) is 12.8 Å². The number of thioether (sulfide) groups is 1. The quantitative estimate of drug-likeness (QED) is 0.737. The van der Waals surface area contributed by atoms with Crippen LogP contribution in [0.15, 0.2) is 11.5 Å². The minimum atomic E-state index is 0.171. The molecular weight excluding hydrogens is 224 g/mol. The van der Waals surface area contributed by atoms with E-state index in [0.717, 1.165) is 25.9 Å². The molecule has 90 valence electrons. The third kappa shape index (κ3) is 4.22. The lowest BCUT2D eigenvalue weighted by atomic mass is 10.3. The Labute approximate surface area is 100 Å². The van der Waals surface area contributed by atoms with Crippen LogP contribution < -0.4 is 0 Å². The van der Waals surface area contributed by atoms with Crippen molar-refractivity contribution in [1.29, 1.82) is 0 Å². The van der Waals surface area contributed by atoms with Gasteiger partial charge < -0.3 is 4.90 Å². The zero-order chi connectivity index (χ0) is 11.8. The fraction of sp³-hybridized carbons (Fsp3) is 0.700. The van der Waals surface area contributed by atoms with Gasteiger partial charge in [-0.25, -0.2) is 4.98 Å². The van der Waals surface area contributed by atoms with Crippen LogP contribution in [0.25, 0.3) is 0 Å². The van der Waals surface area contributed by atoms with Crippen LogP contribution in [0.3, 0.4) is 0 Å². The molecular formula is C10H18N4OS. The smallest absolute Gasteiger partial charge is 0.233 e. The van der Waals surface area contributed by atoms with Crippen LogP contribution in [0.4, 0.5) is 0 Å². The number of hydrogen-bond acceptors (Lipinski definition) is 4. The summed E-state index contributed by atoms with van der Waals surface area (Å²) in [5.41, 5.74) is 0. The van der Waals surface area contributed by atoms with E-state index in [1.807, 2.05) is 4.90 Å². The van der Waals surface area contributed by atoms with Crippen LogP contribution in [0.1, 0.15) is 26.7 Å². The number of aromatic amines is 1. The summed E-state index contributed by atoms with van der Waals surface area (Å²) in [6.45, 7) is 5.84. The second kappa shape index (κ2) is 7.27. The molecule has 5 nitrogen and oxygen atoms in total. The van der Waals surface area contributed by atoms with Gasteiger partial charge in [0.25, 0.3) is 0 Å². The van der Waals surface area contributed by atoms with Gasteiger partial charge in [0.1, 0.15) is 6.33 Å². The Bertz CT molecular complexity index is 296. The highest BCUT2D eigenvalue weighted by Crippen LogP contribution is 2.11. The van der Waals surface area contributed by atoms with Crippen molar-refractivity contribution in [1.82, 2.24) is 20.1 Å². The van der Waals surface area contributed by atoms with Gasteiger partial charge in [-0.1, -0.05) is 25.6 Å². The second-order valence-corrected chi connectivity index (χ2v) is 4.42. The summed E-state index contributed by atoms with van der Waals surface area (Å²) >= 11 is 1.39. The van der Waals surface area contributed by atoms with Crippen LogP contribution in [-0.2, 0) is 4.79 Å². The van der Waals surface area contributed by atoms with Gasteiger partial charge in [0.15, 0.2) is 5.16 Å². The van der Waals surface area contributed by atoms with Crippen molar-refractivity contribution < 1.29 is 4.79 Å². The summed E-state index contributed by atoms with van der Waals surface area (Å²) in [4.78, 5) is 17.7. The first-order chi connectivity index (χ1) is 7.77. The Morgan fingerprint density at radius 2 is 2.12 bits per heavy atom. The van der Waals surface area contributed by atoms with Crippen LogP contribution in [0.5, 0.6) is 0 Å². The number of rotatable bonds is 7. The molecule has 0 aromatic carbocycles. The van der Waals surface area contributed by atoms with E-state index in [-0.39, 0.29) is 5.91 Å². The monoisotopic (exact) mass is 242 g/mol. The highest BCUT2D eigenvalue weighted by molar-refractivity contribution is 7.99. The van der Waals surface area contributed by atoms with Gasteiger partial charge in [-0.2, -0.15) is 5.10 Å². The lowest BCUT2D eigenvalue weighted by molar-refractivity contribution is -0.128. The molecule has 0 aliphatic heterocycles. The van der Waals surface area contributed by atoms with E-state index in [2.05, 4.69) is 29.0 Å².